The highest BCUT2D eigenvalue weighted by atomic mass is 16.6. The lowest BCUT2D eigenvalue weighted by molar-refractivity contribution is -0.137. The first-order valence-corrected chi connectivity index (χ1v) is 12.7. The molecule has 0 unspecified atom stereocenters. The molecule has 2 aromatic carbocycles. The number of allylic oxidation sites excluding steroid dienone is 1. The molecule has 0 bridgehead atoms. The standard InChI is InChI=1S/C30H32N2O6/c1-22-27(31-30(38-22)28-13-9-19-35-28)21-36-25-17-15-23(16-18-25)20-37-32-26(24-10-5-4-6-11-24)12-7-2-3-8-14-29(33)34/h4-6,9-13,15-19,32H,2-3,7-8,14,20-21H2,1H3,(H,33,34). The van der Waals surface area contributed by atoms with Crippen molar-refractivity contribution in [2.45, 2.75) is 52.2 Å². The van der Waals surface area contributed by atoms with Gasteiger partial charge in [-0.05, 0) is 61.6 Å². The summed E-state index contributed by atoms with van der Waals surface area (Å²) in [5, 5.41) is 8.77. The largest absolute Gasteiger partial charge is 0.487 e. The number of carboxylic acids is 1. The zero-order chi connectivity index (χ0) is 26.6. The van der Waals surface area contributed by atoms with Gasteiger partial charge >= 0.3 is 5.97 Å². The SMILES string of the molecule is Cc1oc(-c2ccco2)nc1COc1ccc(CONC(=CCCCCCC(=O)O)c2ccccc2)cc1. The zero-order valence-electron chi connectivity index (χ0n) is 21.4. The average molecular weight is 517 g/mol. The predicted octanol–water partition coefficient (Wildman–Crippen LogP) is 6.92. The Morgan fingerprint density at radius 2 is 1.82 bits per heavy atom. The molecule has 0 amide bonds. The average Bonchev–Trinajstić information content (AvgIpc) is 3.59. The summed E-state index contributed by atoms with van der Waals surface area (Å²) < 4.78 is 16.9. The molecule has 198 valence electrons. The molecule has 8 heteroatoms. The lowest BCUT2D eigenvalue weighted by atomic mass is 10.1. The lowest BCUT2D eigenvalue weighted by Gasteiger charge is -2.12. The number of hydrogen-bond donors (Lipinski definition) is 2. The van der Waals surface area contributed by atoms with Gasteiger partial charge in [0.25, 0.3) is 5.89 Å². The number of carboxylic acid groups (broad SMARTS) is 1. The van der Waals surface area contributed by atoms with Gasteiger partial charge in [-0.15, -0.1) is 0 Å². The van der Waals surface area contributed by atoms with Crippen LogP contribution in [0.3, 0.4) is 0 Å². The van der Waals surface area contributed by atoms with E-state index in [4.69, 9.17) is 23.5 Å². The van der Waals surface area contributed by atoms with E-state index in [1.807, 2.05) is 61.5 Å². The Labute approximate surface area is 221 Å². The summed E-state index contributed by atoms with van der Waals surface area (Å²) in [5.41, 5.74) is 6.71. The van der Waals surface area contributed by atoms with Gasteiger partial charge in [-0.2, -0.15) is 0 Å². The van der Waals surface area contributed by atoms with Crippen molar-refractivity contribution in [3.8, 4) is 17.4 Å². The monoisotopic (exact) mass is 516 g/mol. The minimum atomic E-state index is -0.745. The maximum atomic E-state index is 10.7. The second-order valence-corrected chi connectivity index (χ2v) is 8.80. The maximum Gasteiger partial charge on any atom is 0.303 e. The molecule has 8 nitrogen and oxygen atoms in total. The van der Waals surface area contributed by atoms with Crippen LogP contribution in [0.25, 0.3) is 17.3 Å². The van der Waals surface area contributed by atoms with E-state index < -0.39 is 5.97 Å². The van der Waals surface area contributed by atoms with Gasteiger partial charge in [-0.3, -0.25) is 15.1 Å². The lowest BCUT2D eigenvalue weighted by Crippen LogP contribution is -2.13. The van der Waals surface area contributed by atoms with Crippen LogP contribution in [-0.4, -0.2) is 16.1 Å². The van der Waals surface area contributed by atoms with E-state index in [-0.39, 0.29) is 13.0 Å². The highest BCUT2D eigenvalue weighted by molar-refractivity contribution is 5.66. The molecule has 4 aromatic rings. The molecule has 0 atom stereocenters. The van der Waals surface area contributed by atoms with Crippen molar-refractivity contribution in [3.63, 3.8) is 0 Å². The first kappa shape index (κ1) is 26.8. The maximum absolute atomic E-state index is 10.7. The Morgan fingerprint density at radius 3 is 2.55 bits per heavy atom. The number of furan rings is 1. The van der Waals surface area contributed by atoms with Gasteiger partial charge in [0, 0.05) is 6.42 Å². The Hall–Kier alpha value is -4.30. The van der Waals surface area contributed by atoms with Crippen molar-refractivity contribution < 1.29 is 28.3 Å². The molecular formula is C30H32N2O6. The number of aryl methyl sites for hydroxylation is 1. The van der Waals surface area contributed by atoms with E-state index in [9.17, 15) is 4.79 Å². The zero-order valence-corrected chi connectivity index (χ0v) is 21.4. The third-order valence-electron chi connectivity index (χ3n) is 5.87. The molecule has 0 saturated carbocycles. The number of aromatic nitrogens is 1. The van der Waals surface area contributed by atoms with E-state index in [1.165, 1.54) is 0 Å². The molecule has 38 heavy (non-hydrogen) atoms. The number of aliphatic carboxylic acids is 1. The third kappa shape index (κ3) is 8.11. The van der Waals surface area contributed by atoms with Crippen molar-refractivity contribution in [1.29, 1.82) is 0 Å². The first-order chi connectivity index (χ1) is 18.6. The summed E-state index contributed by atoms with van der Waals surface area (Å²) in [6.07, 6.45) is 7.21. The third-order valence-corrected chi connectivity index (χ3v) is 5.87. The molecule has 4 rings (SSSR count). The molecule has 2 aromatic heterocycles. The Morgan fingerprint density at radius 1 is 1.00 bits per heavy atom. The van der Waals surface area contributed by atoms with Crippen LogP contribution in [0.2, 0.25) is 0 Å². The van der Waals surface area contributed by atoms with E-state index >= 15 is 0 Å². The number of oxazole rings is 1. The molecular weight excluding hydrogens is 484 g/mol. The summed E-state index contributed by atoms with van der Waals surface area (Å²) in [6.45, 7) is 2.51. The number of rotatable bonds is 15. The number of ether oxygens (including phenoxy) is 1. The van der Waals surface area contributed by atoms with E-state index in [1.54, 1.807) is 18.4 Å². The van der Waals surface area contributed by atoms with Crippen LogP contribution in [0.15, 0.2) is 87.9 Å². The number of unbranched alkanes of at least 4 members (excludes halogenated alkanes) is 3. The Bertz CT molecular complexity index is 1290. The normalized spacial score (nSPS) is 11.4. The fourth-order valence-corrected chi connectivity index (χ4v) is 3.78. The van der Waals surface area contributed by atoms with E-state index in [0.717, 1.165) is 47.5 Å². The van der Waals surface area contributed by atoms with Gasteiger partial charge in [-0.1, -0.05) is 55.0 Å². The van der Waals surface area contributed by atoms with Crippen molar-refractivity contribution >= 4 is 11.7 Å². The summed E-state index contributed by atoms with van der Waals surface area (Å²) >= 11 is 0. The van der Waals surface area contributed by atoms with Crippen LogP contribution in [0, 0.1) is 6.92 Å². The Balaban J connectivity index is 1.25. The van der Waals surface area contributed by atoms with Crippen molar-refractivity contribution in [1.82, 2.24) is 10.5 Å². The van der Waals surface area contributed by atoms with Crippen LogP contribution in [-0.2, 0) is 22.8 Å². The molecule has 0 aliphatic rings. The molecule has 2 N–H and O–H groups in total. The van der Waals surface area contributed by atoms with Gasteiger partial charge < -0.3 is 18.7 Å². The quantitative estimate of drug-likeness (QED) is 0.130. The van der Waals surface area contributed by atoms with Crippen LogP contribution >= 0.6 is 0 Å². The number of hydroxylamine groups is 1. The molecule has 0 aliphatic carbocycles. The van der Waals surface area contributed by atoms with Gasteiger partial charge in [0.2, 0.25) is 0 Å². The second-order valence-electron chi connectivity index (χ2n) is 8.80. The number of nitrogens with one attached hydrogen (secondary N) is 1. The number of benzene rings is 2. The van der Waals surface area contributed by atoms with Crippen LogP contribution < -0.4 is 10.2 Å². The van der Waals surface area contributed by atoms with Crippen molar-refractivity contribution in [3.05, 3.63) is 102 Å². The van der Waals surface area contributed by atoms with Gasteiger partial charge in [-0.25, -0.2) is 4.98 Å². The fourth-order valence-electron chi connectivity index (χ4n) is 3.78. The Kier molecular flexibility index (Phi) is 9.75. The fraction of sp³-hybridized carbons (Fsp3) is 0.267. The van der Waals surface area contributed by atoms with Gasteiger partial charge in [0.1, 0.15) is 23.8 Å². The van der Waals surface area contributed by atoms with E-state index in [2.05, 4.69) is 16.5 Å². The number of nitrogens with zero attached hydrogens (tertiary/aromatic N) is 1. The summed E-state index contributed by atoms with van der Waals surface area (Å²) in [7, 11) is 0. The first-order valence-electron chi connectivity index (χ1n) is 12.7. The molecule has 0 fully saturated rings. The smallest absolute Gasteiger partial charge is 0.303 e. The summed E-state index contributed by atoms with van der Waals surface area (Å²) in [5.74, 6) is 1.68. The second kappa shape index (κ2) is 13.9. The van der Waals surface area contributed by atoms with Crippen LogP contribution in [0.1, 0.15) is 54.7 Å². The highest BCUT2D eigenvalue weighted by Crippen LogP contribution is 2.23. The minimum absolute atomic E-state index is 0.215. The predicted molar refractivity (Wildman–Crippen MR) is 143 cm³/mol. The topological polar surface area (TPSA) is 107 Å². The van der Waals surface area contributed by atoms with Gasteiger partial charge in [0.05, 0.1) is 18.6 Å². The molecule has 0 saturated heterocycles. The highest BCUT2D eigenvalue weighted by Gasteiger charge is 2.14. The van der Waals surface area contributed by atoms with E-state index in [0.29, 0.717) is 30.4 Å². The van der Waals surface area contributed by atoms with Crippen LogP contribution in [0.4, 0.5) is 0 Å². The molecule has 0 spiro atoms. The van der Waals surface area contributed by atoms with Crippen molar-refractivity contribution in [2.75, 3.05) is 0 Å². The molecule has 0 aliphatic heterocycles. The number of carbonyl (C=O) groups is 1. The minimum Gasteiger partial charge on any atom is -0.487 e. The summed E-state index contributed by atoms with van der Waals surface area (Å²) in [4.78, 5) is 20.9. The molecule has 0 radical (unpaired) electrons. The molecule has 2 heterocycles. The van der Waals surface area contributed by atoms with Gasteiger partial charge in [0.15, 0.2) is 5.76 Å². The number of hydrogen-bond acceptors (Lipinski definition) is 7. The van der Waals surface area contributed by atoms with Crippen molar-refractivity contribution in [2.24, 2.45) is 0 Å². The summed E-state index contributed by atoms with van der Waals surface area (Å²) in [6, 6.07) is 21.3. The van der Waals surface area contributed by atoms with Crippen LogP contribution in [0.5, 0.6) is 5.75 Å².